The van der Waals surface area contributed by atoms with Crippen LogP contribution in [0.1, 0.15) is 0 Å². The zero-order valence-corrected chi connectivity index (χ0v) is 8.21. The second-order valence-corrected chi connectivity index (χ2v) is 4.00. The van der Waals surface area contributed by atoms with E-state index in [4.69, 9.17) is 10.5 Å². The van der Waals surface area contributed by atoms with Gasteiger partial charge in [0.2, 0.25) is 5.39 Å². The van der Waals surface area contributed by atoms with E-state index < -0.39 is 37.1 Å². The van der Waals surface area contributed by atoms with E-state index in [-0.39, 0.29) is 0 Å². The van der Waals surface area contributed by atoms with Crippen molar-refractivity contribution < 1.29 is 23.0 Å². The molecule has 16 heavy (non-hydrogen) atoms. The lowest BCUT2D eigenvalue weighted by molar-refractivity contribution is -0.386. The van der Waals surface area contributed by atoms with E-state index in [1.54, 1.807) is 0 Å². The largest absolute Gasteiger partial charge is 0.744 e. The first-order valence-corrected chi connectivity index (χ1v) is 5.00. The van der Waals surface area contributed by atoms with Gasteiger partial charge in [-0.2, -0.15) is 0 Å². The fraction of sp³-hybridized carbons (Fsp3) is 0. The minimum Gasteiger partial charge on any atom is -0.744 e. The summed E-state index contributed by atoms with van der Waals surface area (Å²) in [6.07, 6.45) is 0. The van der Waals surface area contributed by atoms with E-state index in [2.05, 4.69) is 4.98 Å². The number of hydrogen-bond acceptors (Lipinski definition) is 7. The van der Waals surface area contributed by atoms with Crippen LogP contribution in [0.2, 0.25) is 0 Å². The quantitative estimate of drug-likeness (QED) is 0.348. The molecule has 0 bridgehead atoms. The Morgan fingerprint density at radius 2 is 2.00 bits per heavy atom. The number of nitro groups is 1. The van der Waals surface area contributed by atoms with E-state index in [9.17, 15) is 23.1 Å². The van der Waals surface area contributed by atoms with E-state index in [1.807, 2.05) is 0 Å². The van der Waals surface area contributed by atoms with Gasteiger partial charge in [0.1, 0.15) is 10.1 Å². The number of nitro benzene ring substituents is 1. The molecule has 84 valence electrons. The van der Waals surface area contributed by atoms with E-state index >= 15 is 0 Å². The molecular formula is C6H3N3O6S. The molecule has 0 unspecified atom stereocenters. The van der Waals surface area contributed by atoms with Crippen LogP contribution in [0.15, 0.2) is 17.0 Å². The van der Waals surface area contributed by atoms with Crippen molar-refractivity contribution in [3.05, 3.63) is 27.2 Å². The van der Waals surface area contributed by atoms with Crippen LogP contribution in [0.4, 0.5) is 11.4 Å². The molecule has 10 heteroatoms. The van der Waals surface area contributed by atoms with Gasteiger partial charge in [-0.3, -0.25) is 10.1 Å². The highest BCUT2D eigenvalue weighted by atomic mass is 32.2. The molecule has 0 spiro atoms. The van der Waals surface area contributed by atoms with Crippen LogP contribution in [-0.2, 0) is 10.1 Å². The van der Waals surface area contributed by atoms with Gasteiger partial charge in [0, 0.05) is 6.07 Å². The van der Waals surface area contributed by atoms with E-state index in [0.717, 1.165) is 0 Å². The SMILES string of the molecule is N#[N+]c1cc(S(=O)(=O)[O-])cc([N+](=O)[O-])c1O. The molecular weight excluding hydrogens is 242 g/mol. The molecule has 1 N–H and O–H groups in total. The topological polar surface area (TPSA) is 149 Å². The van der Waals surface area contributed by atoms with Gasteiger partial charge in [0.15, 0.2) is 4.98 Å². The molecule has 1 rings (SSSR count). The van der Waals surface area contributed by atoms with Gasteiger partial charge in [0.05, 0.1) is 15.9 Å². The summed E-state index contributed by atoms with van der Waals surface area (Å²) in [7, 11) is -4.94. The first kappa shape index (κ1) is 11.8. The van der Waals surface area contributed by atoms with Gasteiger partial charge in [-0.05, 0) is 0 Å². The first-order valence-electron chi connectivity index (χ1n) is 3.59. The lowest BCUT2D eigenvalue weighted by Gasteiger charge is -2.05. The van der Waals surface area contributed by atoms with Crippen molar-refractivity contribution in [1.82, 2.24) is 0 Å². The Bertz CT molecular complexity index is 601. The van der Waals surface area contributed by atoms with E-state index in [0.29, 0.717) is 12.1 Å². The van der Waals surface area contributed by atoms with Gasteiger partial charge in [-0.1, -0.05) is 0 Å². The molecule has 0 fully saturated rings. The molecule has 0 saturated heterocycles. The number of diazo groups is 1. The molecule has 0 radical (unpaired) electrons. The van der Waals surface area contributed by atoms with Crippen LogP contribution in [-0.4, -0.2) is 23.0 Å². The van der Waals surface area contributed by atoms with Crippen molar-refractivity contribution in [2.45, 2.75) is 4.90 Å². The van der Waals surface area contributed by atoms with Crippen molar-refractivity contribution in [2.24, 2.45) is 0 Å². The Labute approximate surface area is 88.5 Å². The number of hydrogen-bond donors (Lipinski definition) is 1. The predicted molar refractivity (Wildman–Crippen MR) is 47.5 cm³/mol. The van der Waals surface area contributed by atoms with Crippen molar-refractivity contribution in [1.29, 1.82) is 5.39 Å². The monoisotopic (exact) mass is 245 g/mol. The number of nitrogens with zero attached hydrogens (tertiary/aromatic N) is 3. The highest BCUT2D eigenvalue weighted by Gasteiger charge is 2.28. The Hall–Kier alpha value is -2.25. The average Bonchev–Trinajstić information content (AvgIpc) is 2.15. The summed E-state index contributed by atoms with van der Waals surface area (Å²) >= 11 is 0. The lowest BCUT2D eigenvalue weighted by atomic mass is 10.2. The normalized spacial score (nSPS) is 10.8. The van der Waals surface area contributed by atoms with Crippen molar-refractivity contribution in [3.63, 3.8) is 0 Å². The second kappa shape index (κ2) is 3.72. The van der Waals surface area contributed by atoms with Crippen LogP contribution in [0.5, 0.6) is 5.75 Å². The summed E-state index contributed by atoms with van der Waals surface area (Å²) in [6.45, 7) is 0. The summed E-state index contributed by atoms with van der Waals surface area (Å²) < 4.78 is 31.8. The summed E-state index contributed by atoms with van der Waals surface area (Å²) in [5.74, 6) is -1.03. The molecule has 0 heterocycles. The first-order chi connectivity index (χ1) is 7.27. The summed E-state index contributed by atoms with van der Waals surface area (Å²) in [5.41, 5.74) is -1.81. The second-order valence-electron chi connectivity index (χ2n) is 2.62. The molecule has 0 aliphatic rings. The summed E-state index contributed by atoms with van der Waals surface area (Å²) in [4.78, 5) is 10.7. The molecule has 1 aromatic rings. The third-order valence-electron chi connectivity index (χ3n) is 1.64. The van der Waals surface area contributed by atoms with Crippen LogP contribution in [0.3, 0.4) is 0 Å². The smallest absolute Gasteiger partial charge is 0.434 e. The van der Waals surface area contributed by atoms with Crippen LogP contribution < -0.4 is 0 Å². The fourth-order valence-corrected chi connectivity index (χ4v) is 1.45. The van der Waals surface area contributed by atoms with Crippen LogP contribution in [0, 0.1) is 15.5 Å². The van der Waals surface area contributed by atoms with Crippen LogP contribution >= 0.6 is 0 Å². The Morgan fingerprint density at radius 3 is 2.38 bits per heavy atom. The van der Waals surface area contributed by atoms with Gasteiger partial charge in [-0.25, -0.2) is 8.42 Å². The maximum atomic E-state index is 10.6. The predicted octanol–water partition coefficient (Wildman–Crippen LogP) is 0.689. The van der Waals surface area contributed by atoms with Gasteiger partial charge < -0.3 is 9.66 Å². The third kappa shape index (κ3) is 2.05. The van der Waals surface area contributed by atoms with Gasteiger partial charge in [0.25, 0.3) is 5.75 Å². The maximum Gasteiger partial charge on any atom is 0.434 e. The standard InChI is InChI=1S/C6H3N3O6S/c7-8-4-1-3(16(13,14)15)2-5(6(4)10)9(11)12/h1-2H,(H-,10,13,14,15). The Kier molecular flexibility index (Phi) is 2.75. The van der Waals surface area contributed by atoms with E-state index in [1.165, 1.54) is 0 Å². The minimum absolute atomic E-state index is 0.381. The molecule has 9 nitrogen and oxygen atoms in total. The number of aromatic hydroxyl groups is 1. The van der Waals surface area contributed by atoms with Crippen LogP contribution in [0.25, 0.3) is 4.98 Å². The van der Waals surface area contributed by atoms with Crippen molar-refractivity contribution in [2.75, 3.05) is 0 Å². The fourth-order valence-electron chi connectivity index (χ4n) is 0.939. The molecule has 0 atom stereocenters. The molecule has 1 aromatic carbocycles. The highest BCUT2D eigenvalue weighted by molar-refractivity contribution is 7.85. The van der Waals surface area contributed by atoms with Gasteiger partial charge in [-0.15, -0.1) is 0 Å². The Morgan fingerprint density at radius 1 is 1.44 bits per heavy atom. The molecule has 0 aliphatic carbocycles. The lowest BCUT2D eigenvalue weighted by Crippen LogP contribution is -2.00. The average molecular weight is 245 g/mol. The zero-order chi connectivity index (χ0) is 12.5. The number of phenolic OH excluding ortho intramolecular Hbond substituents is 1. The zero-order valence-electron chi connectivity index (χ0n) is 7.39. The molecule has 0 saturated carbocycles. The number of benzene rings is 1. The number of phenols is 1. The van der Waals surface area contributed by atoms with Crippen molar-refractivity contribution in [3.8, 4) is 5.75 Å². The molecule has 0 amide bonds. The number of rotatable bonds is 2. The summed E-state index contributed by atoms with van der Waals surface area (Å²) in [6, 6.07) is 0.900. The molecule has 0 aromatic heterocycles. The van der Waals surface area contributed by atoms with Crippen molar-refractivity contribution >= 4 is 21.5 Å². The summed E-state index contributed by atoms with van der Waals surface area (Å²) in [5, 5.41) is 27.9. The third-order valence-corrected chi connectivity index (χ3v) is 2.45. The molecule has 0 aliphatic heterocycles. The Balaban J connectivity index is 3.68. The van der Waals surface area contributed by atoms with Gasteiger partial charge >= 0.3 is 11.4 Å². The minimum atomic E-state index is -4.94. The highest BCUT2D eigenvalue weighted by Crippen LogP contribution is 2.38. The maximum absolute atomic E-state index is 10.6.